The summed E-state index contributed by atoms with van der Waals surface area (Å²) in [6.45, 7) is 1.88. The van der Waals surface area contributed by atoms with Crippen molar-refractivity contribution in [1.82, 2.24) is 4.57 Å². The first-order chi connectivity index (χ1) is 12.9. The molecule has 3 aromatic rings. The van der Waals surface area contributed by atoms with E-state index >= 15 is 0 Å². The first-order valence-electron chi connectivity index (χ1n) is 8.42. The lowest BCUT2D eigenvalue weighted by atomic mass is 10.1. The van der Waals surface area contributed by atoms with Crippen LogP contribution in [0.2, 0.25) is 0 Å². The molecule has 0 saturated carbocycles. The van der Waals surface area contributed by atoms with Gasteiger partial charge in [0.1, 0.15) is 11.3 Å². The molecule has 3 N–H and O–H groups in total. The van der Waals surface area contributed by atoms with Gasteiger partial charge in [0.05, 0.1) is 11.1 Å². The number of carboxylic acid groups (broad SMARTS) is 1. The SMILES string of the molecule is C[C@@H]1Cc2cccc3c(O)c(C(=O)Nc4cccc(C(=O)O)c4)c(=O)n1c23. The predicted octanol–water partition coefficient (Wildman–Crippen LogP) is 2.77. The molecule has 0 aliphatic carbocycles. The molecule has 136 valence electrons. The summed E-state index contributed by atoms with van der Waals surface area (Å²) < 4.78 is 1.53. The number of rotatable bonds is 3. The van der Waals surface area contributed by atoms with E-state index in [9.17, 15) is 19.5 Å². The molecular formula is C20H16N2O5. The quantitative estimate of drug-likeness (QED) is 0.662. The molecule has 7 nitrogen and oxygen atoms in total. The van der Waals surface area contributed by atoms with Crippen LogP contribution in [0.5, 0.6) is 5.75 Å². The molecule has 1 aliphatic rings. The fraction of sp³-hybridized carbons (Fsp3) is 0.150. The molecule has 2 aromatic carbocycles. The molecule has 0 bridgehead atoms. The average Bonchev–Trinajstić information content (AvgIpc) is 2.97. The van der Waals surface area contributed by atoms with Gasteiger partial charge in [-0.05, 0) is 43.2 Å². The number of hydrogen-bond acceptors (Lipinski definition) is 4. The Labute approximate surface area is 153 Å². The number of amides is 1. The van der Waals surface area contributed by atoms with Crippen LogP contribution in [0.4, 0.5) is 5.69 Å². The number of para-hydroxylation sites is 1. The number of pyridine rings is 1. The van der Waals surface area contributed by atoms with Crippen LogP contribution in [0.15, 0.2) is 47.3 Å². The van der Waals surface area contributed by atoms with Gasteiger partial charge in [-0.25, -0.2) is 4.79 Å². The Morgan fingerprint density at radius 3 is 2.67 bits per heavy atom. The van der Waals surface area contributed by atoms with Gasteiger partial charge in [-0.3, -0.25) is 9.59 Å². The Morgan fingerprint density at radius 2 is 1.93 bits per heavy atom. The third kappa shape index (κ3) is 2.55. The number of aromatic nitrogens is 1. The van der Waals surface area contributed by atoms with Crippen LogP contribution in [0, 0.1) is 0 Å². The highest BCUT2D eigenvalue weighted by molar-refractivity contribution is 6.09. The summed E-state index contributed by atoms with van der Waals surface area (Å²) in [5, 5.41) is 22.6. The van der Waals surface area contributed by atoms with Gasteiger partial charge in [0.2, 0.25) is 0 Å². The van der Waals surface area contributed by atoms with E-state index in [1.165, 1.54) is 28.8 Å². The Hall–Kier alpha value is -3.61. The molecule has 7 heteroatoms. The molecule has 0 radical (unpaired) electrons. The smallest absolute Gasteiger partial charge is 0.335 e. The maximum Gasteiger partial charge on any atom is 0.335 e. The molecule has 1 atom stereocenters. The summed E-state index contributed by atoms with van der Waals surface area (Å²) in [4.78, 5) is 36.8. The number of nitrogens with zero attached hydrogens (tertiary/aromatic N) is 1. The summed E-state index contributed by atoms with van der Waals surface area (Å²) in [5.74, 6) is -2.28. The van der Waals surface area contributed by atoms with Gasteiger partial charge in [-0.15, -0.1) is 0 Å². The van der Waals surface area contributed by atoms with Crippen molar-refractivity contribution in [3.63, 3.8) is 0 Å². The van der Waals surface area contributed by atoms with Crippen molar-refractivity contribution >= 4 is 28.5 Å². The second-order valence-electron chi connectivity index (χ2n) is 6.61. The van der Waals surface area contributed by atoms with Crippen LogP contribution in [-0.4, -0.2) is 26.7 Å². The van der Waals surface area contributed by atoms with Crippen molar-refractivity contribution < 1.29 is 19.8 Å². The van der Waals surface area contributed by atoms with Crippen LogP contribution in [-0.2, 0) is 6.42 Å². The summed E-state index contributed by atoms with van der Waals surface area (Å²) in [6.07, 6.45) is 0.651. The van der Waals surface area contributed by atoms with Gasteiger partial charge in [0.25, 0.3) is 11.5 Å². The summed E-state index contributed by atoms with van der Waals surface area (Å²) in [6, 6.07) is 10.9. The standard InChI is InChI=1S/C20H16N2O5/c1-10-8-11-4-3-7-14-16(11)22(10)19(25)15(17(14)23)18(24)21-13-6-2-5-12(9-13)20(26)27/h2-7,9-10,23H,8H2,1H3,(H,21,24)(H,26,27)/t10-/m1/s1. The Morgan fingerprint density at radius 1 is 1.19 bits per heavy atom. The van der Waals surface area contributed by atoms with E-state index in [1.807, 2.05) is 13.0 Å². The number of hydrogen-bond donors (Lipinski definition) is 3. The van der Waals surface area contributed by atoms with Crippen LogP contribution in [0.1, 0.15) is 39.2 Å². The number of carboxylic acids is 1. The van der Waals surface area contributed by atoms with E-state index in [0.717, 1.165) is 5.56 Å². The molecule has 4 rings (SSSR count). The van der Waals surface area contributed by atoms with E-state index in [-0.39, 0.29) is 28.6 Å². The van der Waals surface area contributed by atoms with Crippen molar-refractivity contribution in [3.8, 4) is 5.75 Å². The second kappa shape index (κ2) is 5.98. The number of nitrogens with one attached hydrogen (secondary N) is 1. The summed E-state index contributed by atoms with van der Waals surface area (Å²) >= 11 is 0. The van der Waals surface area contributed by atoms with E-state index in [2.05, 4.69) is 5.32 Å². The van der Waals surface area contributed by atoms with Gasteiger partial charge < -0.3 is 20.1 Å². The van der Waals surface area contributed by atoms with Crippen LogP contribution in [0.25, 0.3) is 10.9 Å². The fourth-order valence-electron chi connectivity index (χ4n) is 3.65. The minimum Gasteiger partial charge on any atom is -0.506 e. The number of benzene rings is 2. The highest BCUT2D eigenvalue weighted by Gasteiger charge is 2.29. The largest absolute Gasteiger partial charge is 0.506 e. The van der Waals surface area contributed by atoms with Gasteiger partial charge in [-0.1, -0.05) is 18.2 Å². The molecule has 1 aromatic heterocycles. The molecule has 0 spiro atoms. The average molecular weight is 364 g/mol. The molecule has 0 saturated heterocycles. The number of aromatic carboxylic acids is 1. The van der Waals surface area contributed by atoms with Crippen molar-refractivity contribution in [2.24, 2.45) is 0 Å². The van der Waals surface area contributed by atoms with Crippen molar-refractivity contribution in [1.29, 1.82) is 0 Å². The zero-order chi connectivity index (χ0) is 19.3. The molecular weight excluding hydrogens is 348 g/mol. The van der Waals surface area contributed by atoms with Crippen molar-refractivity contribution in [2.45, 2.75) is 19.4 Å². The monoisotopic (exact) mass is 364 g/mol. The van der Waals surface area contributed by atoms with Crippen molar-refractivity contribution in [2.75, 3.05) is 5.32 Å². The zero-order valence-corrected chi connectivity index (χ0v) is 14.4. The summed E-state index contributed by atoms with van der Waals surface area (Å²) in [5.41, 5.74) is 0.912. The normalized spacial score (nSPS) is 15.1. The van der Waals surface area contributed by atoms with Crippen LogP contribution < -0.4 is 10.9 Å². The van der Waals surface area contributed by atoms with E-state index in [0.29, 0.717) is 17.3 Å². The Kier molecular flexibility index (Phi) is 3.73. The lowest BCUT2D eigenvalue weighted by molar-refractivity contribution is 0.0696. The third-order valence-electron chi connectivity index (χ3n) is 4.84. The van der Waals surface area contributed by atoms with Crippen molar-refractivity contribution in [3.05, 3.63) is 69.5 Å². The third-order valence-corrected chi connectivity index (χ3v) is 4.84. The molecule has 1 aliphatic heterocycles. The lowest BCUT2D eigenvalue weighted by Gasteiger charge is -2.14. The highest BCUT2D eigenvalue weighted by atomic mass is 16.4. The van der Waals surface area contributed by atoms with E-state index in [1.54, 1.807) is 12.1 Å². The zero-order valence-electron chi connectivity index (χ0n) is 14.4. The Balaban J connectivity index is 1.84. The van der Waals surface area contributed by atoms with E-state index < -0.39 is 17.4 Å². The fourth-order valence-corrected chi connectivity index (χ4v) is 3.65. The van der Waals surface area contributed by atoms with Gasteiger partial charge in [-0.2, -0.15) is 0 Å². The molecule has 0 fully saturated rings. The van der Waals surface area contributed by atoms with Gasteiger partial charge >= 0.3 is 5.97 Å². The second-order valence-corrected chi connectivity index (χ2v) is 6.61. The number of anilines is 1. The minimum atomic E-state index is -1.13. The summed E-state index contributed by atoms with van der Waals surface area (Å²) in [7, 11) is 0. The van der Waals surface area contributed by atoms with E-state index in [4.69, 9.17) is 5.11 Å². The maximum atomic E-state index is 12.9. The van der Waals surface area contributed by atoms with Crippen LogP contribution >= 0.6 is 0 Å². The first kappa shape index (κ1) is 16.8. The molecule has 27 heavy (non-hydrogen) atoms. The molecule has 0 unspecified atom stereocenters. The lowest BCUT2D eigenvalue weighted by Crippen LogP contribution is -2.30. The minimum absolute atomic E-state index is 0.00382. The number of carbonyl (C=O) groups is 2. The first-order valence-corrected chi connectivity index (χ1v) is 8.42. The highest BCUT2D eigenvalue weighted by Crippen LogP contribution is 2.36. The Bertz CT molecular complexity index is 1180. The number of carbonyl (C=O) groups excluding carboxylic acids is 1. The van der Waals surface area contributed by atoms with Gasteiger partial charge in [0, 0.05) is 17.1 Å². The van der Waals surface area contributed by atoms with Crippen LogP contribution in [0.3, 0.4) is 0 Å². The molecule has 2 heterocycles. The maximum absolute atomic E-state index is 12.9. The topological polar surface area (TPSA) is 109 Å². The van der Waals surface area contributed by atoms with Gasteiger partial charge in [0.15, 0.2) is 0 Å². The molecule has 1 amide bonds. The number of aromatic hydroxyl groups is 1. The predicted molar refractivity (Wildman–Crippen MR) is 99.6 cm³/mol.